The molecular weight excluding hydrogens is 427 g/mol. The van der Waals surface area contributed by atoms with Gasteiger partial charge in [0.15, 0.2) is 5.65 Å². The van der Waals surface area contributed by atoms with E-state index in [4.69, 9.17) is 27.9 Å². The number of pyridine rings is 1. The molecule has 3 heterocycles. The quantitative estimate of drug-likeness (QED) is 0.466. The highest BCUT2D eigenvalue weighted by molar-refractivity contribution is 6.43. The molecule has 0 fully saturated rings. The number of carbonyl (C=O) groups excluding carboxylic acids is 2. The van der Waals surface area contributed by atoms with Crippen LogP contribution in [0.25, 0.3) is 22.3 Å². The summed E-state index contributed by atoms with van der Waals surface area (Å²) < 4.78 is 5.20. The first-order valence-corrected chi connectivity index (χ1v) is 9.60. The lowest BCUT2D eigenvalue weighted by atomic mass is 10.0. The van der Waals surface area contributed by atoms with Crippen LogP contribution in [0.5, 0.6) is 5.75 Å². The Kier molecular flexibility index (Phi) is 4.23. The van der Waals surface area contributed by atoms with Crippen molar-refractivity contribution in [2.75, 3.05) is 12.0 Å². The fourth-order valence-electron chi connectivity index (χ4n) is 3.52. The minimum atomic E-state index is -0.482. The summed E-state index contributed by atoms with van der Waals surface area (Å²) in [5, 5.41) is 8.20. The number of halogens is 2. The molecule has 1 aliphatic rings. The maximum atomic E-state index is 13.3. The number of carbonyl (C=O) groups is 2. The van der Waals surface area contributed by atoms with E-state index in [1.54, 1.807) is 25.3 Å². The van der Waals surface area contributed by atoms with Crippen LogP contribution in [-0.4, -0.2) is 34.1 Å². The van der Waals surface area contributed by atoms with Gasteiger partial charge in [-0.15, -0.1) is 0 Å². The van der Waals surface area contributed by atoms with Crippen LogP contribution in [0.3, 0.4) is 0 Å². The Labute approximate surface area is 180 Å². The van der Waals surface area contributed by atoms with Crippen LogP contribution < -0.4 is 9.64 Å². The second-order valence-corrected chi connectivity index (χ2v) is 7.43. The van der Waals surface area contributed by atoms with Gasteiger partial charge in [-0.1, -0.05) is 23.2 Å². The first-order chi connectivity index (χ1) is 14.5. The topological polar surface area (TPSA) is 88.2 Å². The molecule has 2 aromatic heterocycles. The van der Waals surface area contributed by atoms with Crippen LogP contribution in [0.15, 0.2) is 48.7 Å². The maximum Gasteiger partial charge on any atom is 0.267 e. The average Bonchev–Trinajstić information content (AvgIpc) is 3.29. The zero-order valence-corrected chi connectivity index (χ0v) is 17.0. The summed E-state index contributed by atoms with van der Waals surface area (Å²) in [5.74, 6) is -0.260. The highest BCUT2D eigenvalue weighted by Gasteiger charge is 2.40. The molecule has 0 spiro atoms. The molecule has 0 unspecified atom stereocenters. The van der Waals surface area contributed by atoms with E-state index in [0.29, 0.717) is 33.2 Å². The molecule has 2 aromatic carbocycles. The van der Waals surface area contributed by atoms with Crippen LogP contribution in [0.4, 0.5) is 5.69 Å². The van der Waals surface area contributed by atoms with Crippen molar-refractivity contribution in [2.24, 2.45) is 0 Å². The van der Waals surface area contributed by atoms with Crippen molar-refractivity contribution in [2.45, 2.75) is 0 Å². The van der Waals surface area contributed by atoms with E-state index in [1.807, 2.05) is 12.1 Å². The van der Waals surface area contributed by atoms with Crippen LogP contribution in [0.2, 0.25) is 10.0 Å². The Hall–Kier alpha value is -3.42. The van der Waals surface area contributed by atoms with Crippen molar-refractivity contribution >= 4 is 51.7 Å². The van der Waals surface area contributed by atoms with Gasteiger partial charge in [0.1, 0.15) is 5.75 Å². The number of benzene rings is 2. The third kappa shape index (κ3) is 2.67. The number of nitrogens with zero attached hydrogens (tertiary/aromatic N) is 3. The number of ether oxygens (including phenoxy) is 1. The van der Waals surface area contributed by atoms with E-state index in [2.05, 4.69) is 15.2 Å². The number of aromatic amines is 1. The zero-order valence-electron chi connectivity index (χ0n) is 15.4. The molecule has 4 aromatic rings. The number of nitrogens with one attached hydrogen (secondary N) is 1. The standard InChI is InChI=1S/C21H12Cl2N4O3/c1-30-12-5-2-10(3-6-12)18-17-16-13(9-24-19(17)26-25-18)20(28)27(21(16)29)11-4-7-14(22)15(23)8-11/h2-9H,1H3,(H,24,25,26). The molecular formula is C21H12Cl2N4O3. The van der Waals surface area contributed by atoms with Crippen LogP contribution >= 0.6 is 23.2 Å². The SMILES string of the molecule is COc1ccc(-c2[nH]nc3ncc4c(c23)C(=O)N(c2ccc(Cl)c(Cl)c2)C4=O)cc1. The lowest BCUT2D eigenvalue weighted by Crippen LogP contribution is -2.29. The summed E-state index contributed by atoms with van der Waals surface area (Å²) in [4.78, 5) is 31.7. The van der Waals surface area contributed by atoms with Gasteiger partial charge in [-0.25, -0.2) is 9.88 Å². The van der Waals surface area contributed by atoms with Gasteiger partial charge < -0.3 is 4.74 Å². The number of imide groups is 1. The van der Waals surface area contributed by atoms with Gasteiger partial charge in [0, 0.05) is 11.8 Å². The Morgan fingerprint density at radius 1 is 1.00 bits per heavy atom. The molecule has 0 radical (unpaired) electrons. The van der Waals surface area contributed by atoms with Gasteiger partial charge in [-0.3, -0.25) is 14.7 Å². The molecule has 0 saturated heterocycles. The number of methoxy groups -OCH3 is 1. The number of fused-ring (bicyclic) bond motifs is 3. The number of aromatic nitrogens is 3. The van der Waals surface area contributed by atoms with Crippen molar-refractivity contribution < 1.29 is 14.3 Å². The largest absolute Gasteiger partial charge is 0.497 e. The third-order valence-corrected chi connectivity index (χ3v) is 5.71. The molecule has 9 heteroatoms. The molecule has 7 nitrogen and oxygen atoms in total. The van der Waals surface area contributed by atoms with Gasteiger partial charge in [-0.2, -0.15) is 5.10 Å². The van der Waals surface area contributed by atoms with E-state index < -0.39 is 11.8 Å². The normalized spacial score (nSPS) is 13.2. The first kappa shape index (κ1) is 18.6. The van der Waals surface area contributed by atoms with E-state index >= 15 is 0 Å². The van der Waals surface area contributed by atoms with E-state index in [9.17, 15) is 9.59 Å². The zero-order chi connectivity index (χ0) is 21.0. The van der Waals surface area contributed by atoms with E-state index in [0.717, 1.165) is 10.5 Å². The van der Waals surface area contributed by atoms with Gasteiger partial charge in [0.2, 0.25) is 0 Å². The average molecular weight is 439 g/mol. The van der Waals surface area contributed by atoms with Crippen LogP contribution in [0, 0.1) is 0 Å². The molecule has 1 aliphatic heterocycles. The van der Waals surface area contributed by atoms with E-state index in [1.165, 1.54) is 18.3 Å². The summed E-state index contributed by atoms with van der Waals surface area (Å²) in [6.07, 6.45) is 1.37. The molecule has 0 atom stereocenters. The number of hydrogen-bond donors (Lipinski definition) is 1. The van der Waals surface area contributed by atoms with Gasteiger partial charge >= 0.3 is 0 Å². The molecule has 0 saturated carbocycles. The molecule has 2 amide bonds. The van der Waals surface area contributed by atoms with Gasteiger partial charge in [0.05, 0.1) is 45.0 Å². The van der Waals surface area contributed by atoms with Crippen molar-refractivity contribution in [1.29, 1.82) is 0 Å². The summed E-state index contributed by atoms with van der Waals surface area (Å²) in [6, 6.07) is 11.9. The Bertz CT molecular complexity index is 1350. The van der Waals surface area contributed by atoms with Crippen LogP contribution in [0.1, 0.15) is 20.7 Å². The third-order valence-electron chi connectivity index (χ3n) is 4.97. The Morgan fingerprint density at radius 3 is 2.47 bits per heavy atom. The minimum absolute atomic E-state index is 0.203. The summed E-state index contributed by atoms with van der Waals surface area (Å²) >= 11 is 12.1. The maximum absolute atomic E-state index is 13.3. The molecule has 148 valence electrons. The fraction of sp³-hybridized carbons (Fsp3) is 0.0476. The number of anilines is 1. The number of rotatable bonds is 3. The van der Waals surface area contributed by atoms with E-state index in [-0.39, 0.29) is 16.1 Å². The molecule has 0 aliphatic carbocycles. The smallest absolute Gasteiger partial charge is 0.267 e. The minimum Gasteiger partial charge on any atom is -0.497 e. The van der Waals surface area contributed by atoms with Crippen molar-refractivity contribution in [1.82, 2.24) is 15.2 Å². The molecule has 1 N–H and O–H groups in total. The van der Waals surface area contributed by atoms with Crippen molar-refractivity contribution in [3.8, 4) is 17.0 Å². The molecule has 30 heavy (non-hydrogen) atoms. The van der Waals surface area contributed by atoms with Crippen molar-refractivity contribution in [3.05, 3.63) is 69.8 Å². The predicted molar refractivity (Wildman–Crippen MR) is 113 cm³/mol. The summed E-state index contributed by atoms with van der Waals surface area (Å²) in [7, 11) is 1.58. The monoisotopic (exact) mass is 438 g/mol. The predicted octanol–water partition coefficient (Wildman–Crippen LogP) is 4.74. The number of hydrogen-bond acceptors (Lipinski definition) is 5. The van der Waals surface area contributed by atoms with Gasteiger partial charge in [0.25, 0.3) is 11.8 Å². The number of amides is 2. The number of H-pyrrole nitrogens is 1. The second kappa shape index (κ2) is 6.83. The molecule has 5 rings (SSSR count). The molecule has 0 bridgehead atoms. The van der Waals surface area contributed by atoms with Crippen molar-refractivity contribution in [3.63, 3.8) is 0 Å². The first-order valence-electron chi connectivity index (χ1n) is 8.85. The summed E-state index contributed by atoms with van der Waals surface area (Å²) in [5.41, 5.74) is 2.50. The summed E-state index contributed by atoms with van der Waals surface area (Å²) in [6.45, 7) is 0. The lowest BCUT2D eigenvalue weighted by Gasteiger charge is -2.14. The lowest BCUT2D eigenvalue weighted by molar-refractivity contribution is 0.0926. The van der Waals surface area contributed by atoms with Gasteiger partial charge in [-0.05, 0) is 42.5 Å². The highest BCUT2D eigenvalue weighted by atomic mass is 35.5. The van der Waals surface area contributed by atoms with Crippen LogP contribution in [-0.2, 0) is 0 Å². The second-order valence-electron chi connectivity index (χ2n) is 6.62. The Balaban J connectivity index is 1.69. The fourth-order valence-corrected chi connectivity index (χ4v) is 3.81. The Morgan fingerprint density at radius 2 is 1.77 bits per heavy atom. The highest BCUT2D eigenvalue weighted by Crippen LogP contribution is 2.38.